The zero-order valence-electron chi connectivity index (χ0n) is 11.4. The molecule has 3 nitrogen and oxygen atoms in total. The first-order chi connectivity index (χ1) is 7.99. The minimum absolute atomic E-state index is 0.394. The lowest BCUT2D eigenvalue weighted by Gasteiger charge is -2.22. The highest BCUT2D eigenvalue weighted by molar-refractivity contribution is 9.10. The predicted octanol–water partition coefficient (Wildman–Crippen LogP) is 3.63. The summed E-state index contributed by atoms with van der Waals surface area (Å²) in [5.41, 5.74) is -0.441. The van der Waals surface area contributed by atoms with E-state index in [2.05, 4.69) is 15.9 Å². The van der Waals surface area contributed by atoms with Crippen molar-refractivity contribution >= 4 is 21.9 Å². The van der Waals surface area contributed by atoms with Crippen LogP contribution in [0.25, 0.3) is 0 Å². The van der Waals surface area contributed by atoms with E-state index in [1.165, 1.54) is 0 Å². The molecule has 18 heavy (non-hydrogen) atoms. The maximum absolute atomic E-state index is 12.0. The van der Waals surface area contributed by atoms with Crippen LogP contribution in [0.2, 0.25) is 0 Å². The summed E-state index contributed by atoms with van der Waals surface area (Å²) in [4.78, 5) is 12.0. The van der Waals surface area contributed by atoms with Gasteiger partial charge >= 0.3 is 5.97 Å². The fraction of sp³-hybridized carbons (Fsp3) is 0.500. The molecule has 0 aliphatic rings. The molecular weight excluding hydrogens is 296 g/mol. The summed E-state index contributed by atoms with van der Waals surface area (Å²) in [7, 11) is 0. The summed E-state index contributed by atoms with van der Waals surface area (Å²) in [6, 6.07) is 5.12. The van der Waals surface area contributed by atoms with Gasteiger partial charge in [0.05, 0.1) is 11.2 Å². The number of rotatable bonds is 2. The Morgan fingerprint density at radius 1 is 1.17 bits per heavy atom. The van der Waals surface area contributed by atoms with Crippen molar-refractivity contribution in [2.75, 3.05) is 0 Å². The molecule has 0 aromatic heterocycles. The molecule has 0 heterocycles. The molecule has 1 rings (SSSR count). The van der Waals surface area contributed by atoms with Crippen molar-refractivity contribution in [2.24, 2.45) is 0 Å². The molecule has 0 spiro atoms. The van der Waals surface area contributed by atoms with Gasteiger partial charge in [0.15, 0.2) is 0 Å². The molecule has 1 aromatic carbocycles. The Morgan fingerprint density at radius 2 is 1.72 bits per heavy atom. The molecule has 1 aromatic rings. The number of aliphatic hydroxyl groups is 1. The number of ether oxygens (including phenoxy) is 1. The van der Waals surface area contributed by atoms with E-state index in [-0.39, 0.29) is 0 Å². The second-order valence-corrected chi connectivity index (χ2v) is 6.71. The molecule has 1 N–H and O–H groups in total. The Hall–Kier alpha value is -0.870. The molecule has 0 saturated carbocycles. The van der Waals surface area contributed by atoms with Crippen LogP contribution in [-0.4, -0.2) is 16.7 Å². The molecule has 0 bridgehead atoms. The van der Waals surface area contributed by atoms with E-state index in [0.717, 1.165) is 4.47 Å². The van der Waals surface area contributed by atoms with Gasteiger partial charge < -0.3 is 9.84 Å². The van der Waals surface area contributed by atoms with E-state index in [0.29, 0.717) is 11.1 Å². The van der Waals surface area contributed by atoms with E-state index in [4.69, 9.17) is 4.74 Å². The van der Waals surface area contributed by atoms with E-state index in [9.17, 15) is 9.90 Å². The molecule has 0 aliphatic heterocycles. The quantitative estimate of drug-likeness (QED) is 0.848. The first-order valence-electron chi connectivity index (χ1n) is 5.76. The van der Waals surface area contributed by atoms with Crippen LogP contribution in [0.3, 0.4) is 0 Å². The van der Waals surface area contributed by atoms with E-state index < -0.39 is 17.2 Å². The Kier molecular flexibility index (Phi) is 4.23. The van der Waals surface area contributed by atoms with Crippen LogP contribution in [-0.2, 0) is 10.3 Å². The van der Waals surface area contributed by atoms with Crippen molar-refractivity contribution in [1.82, 2.24) is 0 Å². The number of hydrogen-bond donors (Lipinski definition) is 1. The van der Waals surface area contributed by atoms with Gasteiger partial charge in [0, 0.05) is 4.47 Å². The second-order valence-electron chi connectivity index (χ2n) is 5.79. The monoisotopic (exact) mass is 314 g/mol. The van der Waals surface area contributed by atoms with Gasteiger partial charge in [-0.05, 0) is 58.4 Å². The smallest absolute Gasteiger partial charge is 0.338 e. The Bertz CT molecular complexity index is 453. The van der Waals surface area contributed by atoms with Crippen LogP contribution >= 0.6 is 15.9 Å². The molecule has 0 unspecified atom stereocenters. The third-order valence-corrected chi connectivity index (χ3v) is 2.70. The van der Waals surface area contributed by atoms with Crippen molar-refractivity contribution in [3.8, 4) is 0 Å². The van der Waals surface area contributed by atoms with Crippen LogP contribution in [0.15, 0.2) is 22.7 Å². The highest BCUT2D eigenvalue weighted by Crippen LogP contribution is 2.26. The first kappa shape index (κ1) is 15.2. The minimum Gasteiger partial charge on any atom is -0.456 e. The van der Waals surface area contributed by atoms with Crippen molar-refractivity contribution in [2.45, 2.75) is 45.8 Å². The fourth-order valence-electron chi connectivity index (χ4n) is 1.40. The summed E-state index contributed by atoms with van der Waals surface area (Å²) < 4.78 is 6.04. The number of carbonyl (C=O) groups is 1. The maximum Gasteiger partial charge on any atom is 0.338 e. The zero-order valence-corrected chi connectivity index (χ0v) is 13.0. The van der Waals surface area contributed by atoms with Gasteiger partial charge in [-0.1, -0.05) is 15.9 Å². The Labute approximate surface area is 116 Å². The van der Waals surface area contributed by atoms with Crippen LogP contribution in [0.5, 0.6) is 0 Å². The summed E-state index contributed by atoms with van der Waals surface area (Å²) in [6.07, 6.45) is 0. The van der Waals surface area contributed by atoms with E-state index >= 15 is 0 Å². The van der Waals surface area contributed by atoms with E-state index in [1.54, 1.807) is 32.0 Å². The summed E-state index contributed by atoms with van der Waals surface area (Å²) in [6.45, 7) is 8.81. The van der Waals surface area contributed by atoms with Crippen molar-refractivity contribution < 1.29 is 14.6 Å². The van der Waals surface area contributed by atoms with Crippen LogP contribution < -0.4 is 0 Å². The van der Waals surface area contributed by atoms with Crippen molar-refractivity contribution in [3.63, 3.8) is 0 Å². The molecule has 0 atom stereocenters. The van der Waals surface area contributed by atoms with Gasteiger partial charge in [-0.15, -0.1) is 0 Å². The van der Waals surface area contributed by atoms with Crippen LogP contribution in [0.4, 0.5) is 0 Å². The molecule has 0 saturated heterocycles. The summed E-state index contributed by atoms with van der Waals surface area (Å²) in [5, 5.41) is 9.98. The molecule has 4 heteroatoms. The van der Waals surface area contributed by atoms with Gasteiger partial charge in [-0.25, -0.2) is 4.79 Å². The molecule has 0 fully saturated rings. The number of hydrogen-bond acceptors (Lipinski definition) is 3. The third-order valence-electron chi connectivity index (χ3n) is 2.24. The molecule has 0 aliphatic carbocycles. The number of halogens is 1. The number of esters is 1. The largest absolute Gasteiger partial charge is 0.456 e. The predicted molar refractivity (Wildman–Crippen MR) is 74.6 cm³/mol. The zero-order chi connectivity index (χ0) is 14.1. The fourth-order valence-corrected chi connectivity index (χ4v) is 1.89. The molecule has 100 valence electrons. The van der Waals surface area contributed by atoms with Gasteiger partial charge in [0.1, 0.15) is 5.60 Å². The average Bonchev–Trinajstić information content (AvgIpc) is 2.12. The lowest BCUT2D eigenvalue weighted by molar-refractivity contribution is 0.00689. The topological polar surface area (TPSA) is 46.5 Å². The first-order valence-corrected chi connectivity index (χ1v) is 6.55. The lowest BCUT2D eigenvalue weighted by atomic mass is 9.96. The third kappa shape index (κ3) is 4.42. The van der Waals surface area contributed by atoms with Gasteiger partial charge in [0.25, 0.3) is 0 Å². The highest BCUT2D eigenvalue weighted by Gasteiger charge is 2.22. The van der Waals surface area contributed by atoms with Crippen LogP contribution in [0.1, 0.15) is 50.5 Å². The molecule has 0 radical (unpaired) electrons. The molecule has 0 amide bonds. The standard InChI is InChI=1S/C14H19BrO3/c1-13(2,3)18-12(16)9-6-10(14(4,5)17)8-11(15)7-9/h6-8,17H,1-5H3. The van der Waals surface area contributed by atoms with E-state index in [1.807, 2.05) is 20.8 Å². The Balaban J connectivity index is 3.11. The lowest BCUT2D eigenvalue weighted by Crippen LogP contribution is -2.24. The van der Waals surface area contributed by atoms with Gasteiger partial charge in [0.2, 0.25) is 0 Å². The molecular formula is C14H19BrO3. The minimum atomic E-state index is -0.999. The SMILES string of the molecule is CC(C)(C)OC(=O)c1cc(Br)cc(C(C)(C)O)c1. The number of benzene rings is 1. The maximum atomic E-state index is 12.0. The Morgan fingerprint density at radius 3 is 2.17 bits per heavy atom. The number of carbonyl (C=O) groups excluding carboxylic acids is 1. The van der Waals surface area contributed by atoms with Gasteiger partial charge in [-0.3, -0.25) is 0 Å². The van der Waals surface area contributed by atoms with Crippen LogP contribution in [0, 0.1) is 0 Å². The summed E-state index contributed by atoms with van der Waals surface area (Å²) in [5.74, 6) is -0.394. The summed E-state index contributed by atoms with van der Waals surface area (Å²) >= 11 is 3.33. The second kappa shape index (κ2) is 5.02. The van der Waals surface area contributed by atoms with Crippen molar-refractivity contribution in [1.29, 1.82) is 0 Å². The van der Waals surface area contributed by atoms with Crippen molar-refractivity contribution in [3.05, 3.63) is 33.8 Å². The normalized spacial score (nSPS) is 12.4. The average molecular weight is 315 g/mol. The van der Waals surface area contributed by atoms with Gasteiger partial charge in [-0.2, -0.15) is 0 Å². The highest BCUT2D eigenvalue weighted by atomic mass is 79.9.